The second-order valence-electron chi connectivity index (χ2n) is 5.53. The van der Waals surface area contributed by atoms with E-state index in [1.54, 1.807) is 11.8 Å². The summed E-state index contributed by atoms with van der Waals surface area (Å²) < 4.78 is 5.79. The molecule has 0 aliphatic carbocycles. The van der Waals surface area contributed by atoms with Crippen molar-refractivity contribution in [3.63, 3.8) is 0 Å². The van der Waals surface area contributed by atoms with Crippen molar-refractivity contribution < 1.29 is 19.1 Å². The molecule has 0 saturated heterocycles. The van der Waals surface area contributed by atoms with E-state index in [9.17, 15) is 19.2 Å². The van der Waals surface area contributed by atoms with Crippen molar-refractivity contribution in [1.29, 1.82) is 0 Å². The summed E-state index contributed by atoms with van der Waals surface area (Å²) >= 11 is 0. The Morgan fingerprint density at radius 1 is 1.16 bits per heavy atom. The summed E-state index contributed by atoms with van der Waals surface area (Å²) in [6, 6.07) is 1.29. The zero-order chi connectivity index (χ0) is 19.0. The van der Waals surface area contributed by atoms with Gasteiger partial charge in [0.25, 0.3) is 11.5 Å². The van der Waals surface area contributed by atoms with Crippen LogP contribution in [0.15, 0.2) is 17.1 Å². The zero-order valence-electron chi connectivity index (χ0n) is 15.1. The highest BCUT2D eigenvalue weighted by atomic mass is 16.5. The van der Waals surface area contributed by atoms with Crippen LogP contribution in [0.3, 0.4) is 0 Å². The maximum atomic E-state index is 12.7. The van der Waals surface area contributed by atoms with Gasteiger partial charge in [-0.2, -0.15) is 0 Å². The van der Waals surface area contributed by atoms with Gasteiger partial charge < -0.3 is 19.5 Å². The third-order valence-corrected chi connectivity index (χ3v) is 3.41. The number of ether oxygens (including phenoxy) is 1. The SMILES string of the molecule is CCCN(CCC)C(=O)c1cc(NC(=O)C(=O)OCC)c(=O)n(C)c1. The molecule has 0 fully saturated rings. The molecule has 0 bridgehead atoms. The predicted molar refractivity (Wildman–Crippen MR) is 93.4 cm³/mol. The summed E-state index contributed by atoms with van der Waals surface area (Å²) in [4.78, 5) is 49.7. The fourth-order valence-corrected chi connectivity index (χ4v) is 2.33. The lowest BCUT2D eigenvalue weighted by Gasteiger charge is -2.22. The molecule has 8 nitrogen and oxygen atoms in total. The maximum absolute atomic E-state index is 12.7. The molecule has 0 aromatic carbocycles. The van der Waals surface area contributed by atoms with Crippen LogP contribution in [0.2, 0.25) is 0 Å². The van der Waals surface area contributed by atoms with E-state index in [0.29, 0.717) is 13.1 Å². The van der Waals surface area contributed by atoms with Gasteiger partial charge >= 0.3 is 11.9 Å². The summed E-state index contributed by atoms with van der Waals surface area (Å²) in [6.45, 7) is 6.76. The van der Waals surface area contributed by atoms with E-state index >= 15 is 0 Å². The minimum Gasteiger partial charge on any atom is -0.459 e. The molecule has 1 rings (SSSR count). The van der Waals surface area contributed by atoms with Crippen LogP contribution in [0, 0.1) is 0 Å². The van der Waals surface area contributed by atoms with E-state index in [1.807, 2.05) is 13.8 Å². The standard InChI is InChI=1S/C17H25N3O5/c1-5-8-20(9-6-2)15(22)12-10-13(16(23)19(4)11-12)18-14(21)17(24)25-7-3/h10-11H,5-9H2,1-4H3,(H,18,21). The Morgan fingerprint density at radius 2 is 1.76 bits per heavy atom. The molecule has 0 saturated carbocycles. The summed E-state index contributed by atoms with van der Waals surface area (Å²) in [7, 11) is 1.48. The maximum Gasteiger partial charge on any atom is 0.397 e. The van der Waals surface area contributed by atoms with Crippen LogP contribution in [0.4, 0.5) is 5.69 Å². The Labute approximate surface area is 146 Å². The van der Waals surface area contributed by atoms with E-state index < -0.39 is 17.4 Å². The molecular weight excluding hydrogens is 326 g/mol. The number of rotatable bonds is 7. The van der Waals surface area contributed by atoms with E-state index in [4.69, 9.17) is 0 Å². The first-order valence-electron chi connectivity index (χ1n) is 8.33. The molecular formula is C17H25N3O5. The van der Waals surface area contributed by atoms with Crippen LogP contribution in [-0.2, 0) is 21.4 Å². The topological polar surface area (TPSA) is 97.7 Å². The summed E-state index contributed by atoms with van der Waals surface area (Å²) in [5.41, 5.74) is -0.394. The van der Waals surface area contributed by atoms with Gasteiger partial charge in [0.05, 0.1) is 12.2 Å². The van der Waals surface area contributed by atoms with E-state index in [-0.39, 0.29) is 23.8 Å². The number of nitrogens with zero attached hydrogens (tertiary/aromatic N) is 2. The second kappa shape index (κ2) is 9.61. The smallest absolute Gasteiger partial charge is 0.397 e. The molecule has 0 radical (unpaired) electrons. The summed E-state index contributed by atoms with van der Waals surface area (Å²) in [6.07, 6.45) is 3.04. The minimum atomic E-state index is -1.08. The van der Waals surface area contributed by atoms with Crippen molar-refractivity contribution in [2.24, 2.45) is 7.05 Å². The Balaban J connectivity index is 3.14. The van der Waals surface area contributed by atoms with Gasteiger partial charge in [0.2, 0.25) is 0 Å². The average molecular weight is 351 g/mol. The Bertz CT molecular complexity index is 690. The number of anilines is 1. The largest absolute Gasteiger partial charge is 0.459 e. The molecule has 1 N–H and O–H groups in total. The van der Waals surface area contributed by atoms with Crippen LogP contribution in [0.5, 0.6) is 0 Å². The van der Waals surface area contributed by atoms with Gasteiger partial charge in [-0.1, -0.05) is 13.8 Å². The number of amides is 2. The third-order valence-electron chi connectivity index (χ3n) is 3.41. The van der Waals surface area contributed by atoms with Gasteiger partial charge in [-0.15, -0.1) is 0 Å². The number of esters is 1. The van der Waals surface area contributed by atoms with E-state index in [0.717, 1.165) is 12.8 Å². The van der Waals surface area contributed by atoms with E-state index in [2.05, 4.69) is 10.1 Å². The molecule has 8 heteroatoms. The highest BCUT2D eigenvalue weighted by Crippen LogP contribution is 2.10. The zero-order valence-corrected chi connectivity index (χ0v) is 15.1. The number of carbonyl (C=O) groups excluding carboxylic acids is 3. The molecule has 0 aliphatic rings. The molecule has 25 heavy (non-hydrogen) atoms. The number of hydrogen-bond acceptors (Lipinski definition) is 5. The van der Waals surface area contributed by atoms with Gasteiger partial charge in [0, 0.05) is 26.3 Å². The first-order valence-corrected chi connectivity index (χ1v) is 8.33. The van der Waals surface area contributed by atoms with Gasteiger partial charge in [-0.05, 0) is 25.8 Å². The fraction of sp³-hybridized carbons (Fsp3) is 0.529. The number of pyridine rings is 1. The third kappa shape index (κ3) is 5.44. The molecule has 1 aromatic heterocycles. The Morgan fingerprint density at radius 3 is 2.28 bits per heavy atom. The van der Waals surface area contributed by atoms with Crippen LogP contribution in [0.25, 0.3) is 0 Å². The van der Waals surface area contributed by atoms with Crippen molar-refractivity contribution >= 4 is 23.5 Å². The highest BCUT2D eigenvalue weighted by Gasteiger charge is 2.20. The van der Waals surface area contributed by atoms with Gasteiger partial charge in [-0.25, -0.2) is 4.79 Å². The lowest BCUT2D eigenvalue weighted by Crippen LogP contribution is -2.34. The first-order chi connectivity index (χ1) is 11.8. The van der Waals surface area contributed by atoms with E-state index in [1.165, 1.54) is 23.9 Å². The van der Waals surface area contributed by atoms with Crippen molar-refractivity contribution in [2.75, 3.05) is 25.0 Å². The fourth-order valence-electron chi connectivity index (χ4n) is 2.33. The van der Waals surface area contributed by atoms with Crippen molar-refractivity contribution in [3.8, 4) is 0 Å². The molecule has 0 unspecified atom stereocenters. The van der Waals surface area contributed by atoms with Crippen LogP contribution < -0.4 is 10.9 Å². The monoisotopic (exact) mass is 351 g/mol. The van der Waals surface area contributed by atoms with Crippen molar-refractivity contribution in [1.82, 2.24) is 9.47 Å². The number of nitrogens with one attached hydrogen (secondary N) is 1. The molecule has 1 aromatic rings. The molecule has 0 spiro atoms. The lowest BCUT2D eigenvalue weighted by atomic mass is 10.2. The van der Waals surface area contributed by atoms with Crippen LogP contribution in [-0.4, -0.2) is 46.9 Å². The molecule has 138 valence electrons. The summed E-state index contributed by atoms with van der Waals surface area (Å²) in [5, 5.41) is 2.22. The quantitative estimate of drug-likeness (QED) is 0.587. The number of hydrogen-bond donors (Lipinski definition) is 1. The minimum absolute atomic E-state index is 0.0474. The van der Waals surface area contributed by atoms with Crippen molar-refractivity contribution in [3.05, 3.63) is 28.2 Å². The van der Waals surface area contributed by atoms with Crippen LogP contribution in [0.1, 0.15) is 44.0 Å². The molecule has 0 aliphatic heterocycles. The number of aromatic nitrogens is 1. The lowest BCUT2D eigenvalue weighted by molar-refractivity contribution is -0.152. The molecule has 0 atom stereocenters. The molecule has 2 amide bonds. The summed E-state index contributed by atoms with van der Waals surface area (Å²) in [5.74, 6) is -2.37. The van der Waals surface area contributed by atoms with Gasteiger partial charge in [0.15, 0.2) is 0 Å². The normalized spacial score (nSPS) is 10.2. The second-order valence-corrected chi connectivity index (χ2v) is 5.53. The molecule has 1 heterocycles. The highest BCUT2D eigenvalue weighted by molar-refractivity contribution is 6.37. The Kier molecular flexibility index (Phi) is 7.84. The number of carbonyl (C=O) groups is 3. The average Bonchev–Trinajstić information content (AvgIpc) is 2.58. The first kappa shape index (κ1) is 20.4. The van der Waals surface area contributed by atoms with Crippen molar-refractivity contribution in [2.45, 2.75) is 33.6 Å². The van der Waals surface area contributed by atoms with Gasteiger partial charge in [-0.3, -0.25) is 14.4 Å². The van der Waals surface area contributed by atoms with Gasteiger partial charge in [0.1, 0.15) is 5.69 Å². The van der Waals surface area contributed by atoms with Crippen LogP contribution >= 0.6 is 0 Å². The Hall–Kier alpha value is -2.64. The number of aryl methyl sites for hydroxylation is 1. The predicted octanol–water partition coefficient (Wildman–Crippen LogP) is 1.15.